The van der Waals surface area contributed by atoms with Crippen LogP contribution in [0.3, 0.4) is 0 Å². The summed E-state index contributed by atoms with van der Waals surface area (Å²) in [5, 5.41) is 6.24. The number of nitrogens with one attached hydrogen (secondary N) is 2. The molecule has 1 aromatic rings. The molecule has 0 radical (unpaired) electrons. The Morgan fingerprint density at radius 3 is 2.57 bits per heavy atom. The molecule has 1 rings (SSSR count). The fourth-order valence-corrected chi connectivity index (χ4v) is 1.77. The summed E-state index contributed by atoms with van der Waals surface area (Å²) in [6, 6.07) is 4.68. The molecule has 5 nitrogen and oxygen atoms in total. The Kier molecular flexibility index (Phi) is 11.4. The standard InChI is InChI=1S/C15H23F2N3O2.HI/c1-4-8-19-15(18-5-2)20-10-11-9-12(21-3)6-7-13(11)22-14(16)17;/h6-7,9,14H,4-5,8,10H2,1-3H3,(H2,18,19,20);1H. The van der Waals surface area contributed by atoms with Crippen molar-refractivity contribution in [3.05, 3.63) is 23.8 Å². The lowest BCUT2D eigenvalue weighted by atomic mass is 10.2. The van der Waals surface area contributed by atoms with Gasteiger partial charge < -0.3 is 20.1 Å². The molecule has 0 aliphatic rings. The van der Waals surface area contributed by atoms with Crippen molar-refractivity contribution in [2.24, 2.45) is 4.99 Å². The summed E-state index contributed by atoms with van der Waals surface area (Å²) in [6.45, 7) is 2.84. The molecular weight excluding hydrogens is 419 g/mol. The van der Waals surface area contributed by atoms with Crippen molar-refractivity contribution in [1.82, 2.24) is 10.6 Å². The lowest BCUT2D eigenvalue weighted by Gasteiger charge is -2.13. The number of halogens is 3. The zero-order valence-electron chi connectivity index (χ0n) is 13.6. The van der Waals surface area contributed by atoms with Crippen LogP contribution in [0, 0.1) is 0 Å². The Balaban J connectivity index is 0.00000484. The van der Waals surface area contributed by atoms with Gasteiger partial charge in [-0.3, -0.25) is 0 Å². The molecule has 0 aromatic heterocycles. The van der Waals surface area contributed by atoms with Crippen molar-refractivity contribution in [3.63, 3.8) is 0 Å². The topological polar surface area (TPSA) is 54.9 Å². The number of benzene rings is 1. The van der Waals surface area contributed by atoms with Crippen LogP contribution in [0.2, 0.25) is 0 Å². The minimum Gasteiger partial charge on any atom is -0.497 e. The van der Waals surface area contributed by atoms with Crippen LogP contribution in [0.1, 0.15) is 25.8 Å². The normalized spacial score (nSPS) is 11.0. The molecule has 0 aliphatic carbocycles. The van der Waals surface area contributed by atoms with E-state index in [9.17, 15) is 8.78 Å². The predicted octanol–water partition coefficient (Wildman–Crippen LogP) is 3.38. The summed E-state index contributed by atoms with van der Waals surface area (Å²) in [6.07, 6.45) is 0.962. The van der Waals surface area contributed by atoms with Gasteiger partial charge in [-0.15, -0.1) is 24.0 Å². The lowest BCUT2D eigenvalue weighted by molar-refractivity contribution is -0.0504. The van der Waals surface area contributed by atoms with Gasteiger partial charge in [0, 0.05) is 18.7 Å². The molecule has 0 spiro atoms. The number of methoxy groups -OCH3 is 1. The van der Waals surface area contributed by atoms with Crippen LogP contribution >= 0.6 is 24.0 Å². The fraction of sp³-hybridized carbons (Fsp3) is 0.533. The maximum atomic E-state index is 12.5. The van der Waals surface area contributed by atoms with Gasteiger partial charge in [0.05, 0.1) is 13.7 Å². The third kappa shape index (κ3) is 8.19. The van der Waals surface area contributed by atoms with Crippen molar-refractivity contribution < 1.29 is 18.3 Å². The van der Waals surface area contributed by atoms with Gasteiger partial charge in [0.2, 0.25) is 0 Å². The highest BCUT2D eigenvalue weighted by atomic mass is 127. The zero-order valence-corrected chi connectivity index (χ0v) is 15.9. The second-order valence-electron chi connectivity index (χ2n) is 4.47. The second-order valence-corrected chi connectivity index (χ2v) is 4.47. The first-order chi connectivity index (χ1) is 10.6. The summed E-state index contributed by atoms with van der Waals surface area (Å²) in [4.78, 5) is 4.38. The van der Waals surface area contributed by atoms with E-state index in [0.29, 0.717) is 23.8 Å². The van der Waals surface area contributed by atoms with Crippen molar-refractivity contribution in [1.29, 1.82) is 0 Å². The van der Waals surface area contributed by atoms with Gasteiger partial charge in [-0.1, -0.05) is 6.92 Å². The second kappa shape index (κ2) is 12.1. The Bertz CT molecular complexity index is 488. The molecule has 2 N–H and O–H groups in total. The van der Waals surface area contributed by atoms with E-state index < -0.39 is 6.61 Å². The molecule has 1 aromatic carbocycles. The lowest BCUT2D eigenvalue weighted by Crippen LogP contribution is -2.37. The molecular formula is C15H24F2IN3O2. The molecule has 0 fully saturated rings. The van der Waals surface area contributed by atoms with Crippen LogP contribution in [0.15, 0.2) is 23.2 Å². The fourth-order valence-electron chi connectivity index (χ4n) is 1.77. The largest absolute Gasteiger partial charge is 0.497 e. The summed E-state index contributed by atoms with van der Waals surface area (Å²) in [5.41, 5.74) is 0.536. The van der Waals surface area contributed by atoms with E-state index in [2.05, 4.69) is 20.4 Å². The number of nitrogens with zero attached hydrogens (tertiary/aromatic N) is 1. The molecule has 0 saturated heterocycles. The van der Waals surface area contributed by atoms with E-state index in [-0.39, 0.29) is 36.3 Å². The van der Waals surface area contributed by atoms with Crippen LogP contribution in [-0.2, 0) is 6.54 Å². The van der Waals surface area contributed by atoms with E-state index in [1.54, 1.807) is 12.1 Å². The van der Waals surface area contributed by atoms with Gasteiger partial charge >= 0.3 is 6.61 Å². The number of hydrogen-bond donors (Lipinski definition) is 2. The summed E-state index contributed by atoms with van der Waals surface area (Å²) < 4.78 is 34.5. The number of guanidine groups is 1. The van der Waals surface area contributed by atoms with Crippen LogP contribution in [0.4, 0.5) is 8.78 Å². The van der Waals surface area contributed by atoms with Crippen molar-refractivity contribution >= 4 is 29.9 Å². The average Bonchev–Trinajstić information content (AvgIpc) is 2.50. The third-order valence-electron chi connectivity index (χ3n) is 2.78. The molecule has 23 heavy (non-hydrogen) atoms. The van der Waals surface area contributed by atoms with Crippen molar-refractivity contribution in [2.45, 2.75) is 33.4 Å². The van der Waals surface area contributed by atoms with E-state index in [0.717, 1.165) is 13.0 Å². The Morgan fingerprint density at radius 2 is 2.00 bits per heavy atom. The Morgan fingerprint density at radius 1 is 1.26 bits per heavy atom. The van der Waals surface area contributed by atoms with Gasteiger partial charge in [0.15, 0.2) is 5.96 Å². The highest BCUT2D eigenvalue weighted by Crippen LogP contribution is 2.26. The van der Waals surface area contributed by atoms with Gasteiger partial charge in [-0.25, -0.2) is 4.99 Å². The van der Waals surface area contributed by atoms with Crippen LogP contribution < -0.4 is 20.1 Å². The van der Waals surface area contributed by atoms with Crippen LogP contribution in [0.5, 0.6) is 11.5 Å². The number of alkyl halides is 2. The average molecular weight is 443 g/mol. The quantitative estimate of drug-likeness (QED) is 0.368. The monoisotopic (exact) mass is 443 g/mol. The SMILES string of the molecule is CCCNC(=NCc1cc(OC)ccc1OC(F)F)NCC.I. The molecule has 8 heteroatoms. The van der Waals surface area contributed by atoms with Crippen molar-refractivity contribution in [3.8, 4) is 11.5 Å². The summed E-state index contributed by atoms with van der Waals surface area (Å²) >= 11 is 0. The van der Waals surface area contributed by atoms with Crippen molar-refractivity contribution in [2.75, 3.05) is 20.2 Å². The van der Waals surface area contributed by atoms with E-state index in [4.69, 9.17) is 4.74 Å². The molecule has 132 valence electrons. The third-order valence-corrected chi connectivity index (χ3v) is 2.78. The maximum absolute atomic E-state index is 12.5. The molecule has 0 amide bonds. The smallest absolute Gasteiger partial charge is 0.387 e. The van der Waals surface area contributed by atoms with Crippen LogP contribution in [-0.4, -0.2) is 32.8 Å². The van der Waals surface area contributed by atoms with Gasteiger partial charge in [-0.2, -0.15) is 8.78 Å². The Labute approximate surface area is 152 Å². The number of rotatable bonds is 8. The number of aliphatic imine (C=N–C) groups is 1. The van der Waals surface area contributed by atoms with E-state index in [1.807, 2.05) is 13.8 Å². The van der Waals surface area contributed by atoms with Crippen LogP contribution in [0.25, 0.3) is 0 Å². The predicted molar refractivity (Wildman–Crippen MR) is 98.2 cm³/mol. The van der Waals surface area contributed by atoms with E-state index in [1.165, 1.54) is 13.2 Å². The Hall–Kier alpha value is -1.32. The summed E-state index contributed by atoms with van der Waals surface area (Å²) in [5.74, 6) is 1.30. The number of hydrogen-bond acceptors (Lipinski definition) is 3. The molecule has 0 heterocycles. The minimum atomic E-state index is -2.87. The molecule has 0 aliphatic heterocycles. The van der Waals surface area contributed by atoms with E-state index >= 15 is 0 Å². The minimum absolute atomic E-state index is 0. The number of ether oxygens (including phenoxy) is 2. The first kappa shape index (κ1) is 21.7. The first-order valence-electron chi connectivity index (χ1n) is 7.24. The maximum Gasteiger partial charge on any atom is 0.387 e. The highest BCUT2D eigenvalue weighted by molar-refractivity contribution is 14.0. The van der Waals surface area contributed by atoms with Gasteiger partial charge in [0.25, 0.3) is 0 Å². The summed E-state index contributed by atoms with van der Waals surface area (Å²) in [7, 11) is 1.52. The molecule has 0 bridgehead atoms. The zero-order chi connectivity index (χ0) is 16.4. The molecule has 0 saturated carbocycles. The van der Waals surface area contributed by atoms with Gasteiger partial charge in [0.1, 0.15) is 11.5 Å². The highest BCUT2D eigenvalue weighted by Gasteiger charge is 2.11. The first-order valence-corrected chi connectivity index (χ1v) is 7.24. The molecule has 0 atom stereocenters. The van der Waals surface area contributed by atoms with Gasteiger partial charge in [-0.05, 0) is 31.5 Å². The molecule has 0 unspecified atom stereocenters.